The summed E-state index contributed by atoms with van der Waals surface area (Å²) >= 11 is 1.57. The molecule has 87 heavy (non-hydrogen) atoms. The Morgan fingerprint density at radius 3 is 1.63 bits per heavy atom. The number of ether oxygens (including phenoxy) is 1. The molecule has 1 heterocycles. The number of aliphatic hydroxyl groups excluding tert-OH is 2. The van der Waals surface area contributed by atoms with Crippen molar-refractivity contribution in [1.29, 1.82) is 0 Å². The van der Waals surface area contributed by atoms with Crippen LogP contribution in [-0.4, -0.2) is 185 Å². The zero-order valence-corrected chi connectivity index (χ0v) is 53.1. The highest BCUT2D eigenvalue weighted by atomic mass is 32.2. The maximum Gasteiger partial charge on any atom is 0.329 e. The molecule has 488 valence electrons. The van der Waals surface area contributed by atoms with Gasteiger partial charge in [-0.1, -0.05) is 111 Å². The zero-order chi connectivity index (χ0) is 65.5. The van der Waals surface area contributed by atoms with E-state index in [9.17, 15) is 67.7 Å². The van der Waals surface area contributed by atoms with Crippen molar-refractivity contribution >= 4 is 82.7 Å². The van der Waals surface area contributed by atoms with E-state index in [-0.39, 0.29) is 18.8 Å². The Morgan fingerprint density at radius 1 is 0.667 bits per heavy atom. The molecule has 1 aliphatic carbocycles. The lowest BCUT2D eigenvalue weighted by molar-refractivity contribution is -0.157. The molecule has 0 radical (unpaired) electrons. The molecule has 3 rings (SSSR count). The average Bonchev–Trinajstić information content (AvgIpc) is 1.62. The zero-order valence-electron chi connectivity index (χ0n) is 52.3. The van der Waals surface area contributed by atoms with Crippen molar-refractivity contribution in [3.63, 3.8) is 0 Å². The molecule has 0 aromatic heterocycles. The van der Waals surface area contributed by atoms with E-state index >= 15 is 0 Å². The van der Waals surface area contributed by atoms with Gasteiger partial charge in [0.05, 0.1) is 19.3 Å². The van der Waals surface area contributed by atoms with Crippen LogP contribution in [0.4, 0.5) is 0 Å². The van der Waals surface area contributed by atoms with Crippen LogP contribution in [0.15, 0.2) is 30.3 Å². The number of nitrogens with one attached hydrogen (secondary N) is 11. The van der Waals surface area contributed by atoms with E-state index in [1.54, 1.807) is 74.2 Å². The molecule has 2 unspecified atom stereocenters. The number of aliphatic hydroxyl groups is 2. The Labute approximate surface area is 514 Å². The second-order valence-corrected chi connectivity index (χ2v) is 24.0. The summed E-state index contributed by atoms with van der Waals surface area (Å²) in [6, 6.07) is -4.88. The monoisotopic (exact) mass is 1240 g/mol. The number of cyclic esters (lactones) is 1. The molecule has 27 nitrogen and oxygen atoms in total. The van der Waals surface area contributed by atoms with Crippen LogP contribution >= 0.6 is 11.8 Å². The predicted octanol–water partition coefficient (Wildman–Crippen LogP) is -1.79. The van der Waals surface area contributed by atoms with Gasteiger partial charge in [-0.3, -0.25) is 52.7 Å². The molecule has 0 bridgehead atoms. The Hall–Kier alpha value is -6.91. The number of carbonyl (C=O) groups is 12. The second kappa shape index (κ2) is 35.8. The van der Waals surface area contributed by atoms with Gasteiger partial charge in [0.25, 0.3) is 0 Å². The molecular weight excluding hydrogens is 1150 g/mol. The second-order valence-electron chi connectivity index (χ2n) is 23.0. The van der Waals surface area contributed by atoms with E-state index in [1.165, 1.54) is 13.8 Å². The van der Waals surface area contributed by atoms with Crippen LogP contribution < -0.4 is 64.2 Å². The van der Waals surface area contributed by atoms with Gasteiger partial charge in [-0.25, -0.2) is 4.79 Å². The van der Waals surface area contributed by atoms with E-state index in [4.69, 9.17) is 10.5 Å². The maximum absolute atomic E-state index is 14.4. The summed E-state index contributed by atoms with van der Waals surface area (Å²) in [4.78, 5) is 166. The molecule has 1 saturated heterocycles. The molecule has 17 atom stereocenters. The minimum atomic E-state index is -1.80. The molecular formula is C59H96N12O15S. The highest BCUT2D eigenvalue weighted by molar-refractivity contribution is 7.98. The molecule has 1 saturated carbocycles. The van der Waals surface area contributed by atoms with Gasteiger partial charge in [-0.05, 0) is 93.7 Å². The summed E-state index contributed by atoms with van der Waals surface area (Å²) in [5.41, 5.74) is 4.97. The molecule has 2 aliphatic rings. The smallest absolute Gasteiger partial charge is 0.329 e. The van der Waals surface area contributed by atoms with Gasteiger partial charge in [0.15, 0.2) is 0 Å². The van der Waals surface area contributed by atoms with Gasteiger partial charge in [0.2, 0.25) is 65.0 Å². The summed E-state index contributed by atoms with van der Waals surface area (Å²) in [7, 11) is 1.60. The quantitative estimate of drug-likeness (QED) is 0.0346. The first-order valence-electron chi connectivity index (χ1n) is 30.1. The predicted molar refractivity (Wildman–Crippen MR) is 324 cm³/mol. The number of hydrogen-bond acceptors (Lipinski definition) is 17. The third kappa shape index (κ3) is 21.4. The highest BCUT2D eigenvalue weighted by Crippen LogP contribution is 2.47. The summed E-state index contributed by atoms with van der Waals surface area (Å²) in [6.07, 6.45) is 2.18. The molecule has 1 aromatic carbocycles. The summed E-state index contributed by atoms with van der Waals surface area (Å²) in [6.45, 7) is 14.4. The van der Waals surface area contributed by atoms with Gasteiger partial charge < -0.3 is 79.2 Å². The Morgan fingerprint density at radius 2 is 1.15 bits per heavy atom. The van der Waals surface area contributed by atoms with E-state index in [2.05, 4.69) is 58.5 Å². The standard InChI is InChI=1S/C59H96N12O15S/c1-13-30(5)43(67-50(77)39(61-11)26-36-20-18-17-19-21-36)53(80)64-40(28-72)51(78)63-38(22-23-42(60)74)49(76)66-45(32(7)15-3)55(82)68-44(31(6)14-2)54(81)65-41(29-73)52(79)69-47-35(10)86-57(84)46(33(8)16-4)70-58(85)59(27-37(59)24-25-87-12)71-48(75)34(9)62-56(47)83/h17-21,30-35,37-41,43-47,61,72-73H,13-16,22-29H2,1-12H3,(H2,60,74)(H,62,83)(H,63,78)(H,64,80)(H,65,81)(H,66,76)(H,67,77)(H,68,82)(H,69,79)(H,70,85)(H,71,75)/t30-,31-,32-,33-,34-,35-,37?,38+,39+,40-,41-,43-,44-,45+,46-,47+,59?/m0/s1. The maximum atomic E-state index is 14.4. The van der Waals surface area contributed by atoms with Gasteiger partial charge >= 0.3 is 5.97 Å². The molecule has 2 fully saturated rings. The van der Waals surface area contributed by atoms with Crippen molar-refractivity contribution in [1.82, 2.24) is 58.5 Å². The number of carbonyl (C=O) groups excluding carboxylic acids is 12. The summed E-state index contributed by atoms with van der Waals surface area (Å²) in [5.74, 6) is -12.2. The summed E-state index contributed by atoms with van der Waals surface area (Å²) in [5, 5.41) is 49.8. The third-order valence-corrected chi connectivity index (χ3v) is 17.3. The highest BCUT2D eigenvalue weighted by Gasteiger charge is 2.61. The van der Waals surface area contributed by atoms with Crippen molar-refractivity contribution in [2.75, 3.05) is 32.3 Å². The molecule has 1 aliphatic heterocycles. The number of amides is 11. The molecule has 15 N–H and O–H groups in total. The first-order chi connectivity index (χ1) is 41.1. The SMILES string of the molecule is CC[C@H](C)[C@H](NC(=O)[C@@H](Cc1ccccc1)NC)C(=O)N[C@@H](CO)C(=O)N[C@H](CCC(N)=O)C(=O)N[C@@H](C(=O)N[C@H](C(=O)N[C@@H](CO)C(=O)N[C@H]1C(=O)N[C@@H](C)C(=O)NC2(CC2CCSC)C(=O)N[C@@H]([C@@H](C)CC)C(=O)O[C@H]1C)[C@@H](C)CC)[C@@H](C)CC. The third-order valence-electron chi connectivity index (χ3n) is 16.7. The van der Waals surface area contributed by atoms with E-state index in [1.807, 2.05) is 36.6 Å². The fourth-order valence-electron chi connectivity index (χ4n) is 9.81. The van der Waals surface area contributed by atoms with Gasteiger partial charge in [-0.2, -0.15) is 11.8 Å². The number of nitrogens with two attached hydrogens (primary N) is 1. The fourth-order valence-corrected chi connectivity index (χ4v) is 10.3. The fraction of sp³-hybridized carbons (Fsp3) is 0.695. The van der Waals surface area contributed by atoms with Crippen LogP contribution in [0.25, 0.3) is 0 Å². The lowest BCUT2D eigenvalue weighted by Crippen LogP contribution is -2.63. The first kappa shape index (κ1) is 74.3. The number of thioether (sulfide) groups is 1. The van der Waals surface area contributed by atoms with Crippen LogP contribution in [0.1, 0.15) is 126 Å². The number of likely N-dealkylation sites (N-methyl/N-ethyl adjacent to an activating group) is 1. The first-order valence-corrected chi connectivity index (χ1v) is 31.5. The minimum absolute atomic E-state index is 0.249. The summed E-state index contributed by atoms with van der Waals surface area (Å²) < 4.78 is 5.77. The van der Waals surface area contributed by atoms with E-state index in [0.717, 1.165) is 5.56 Å². The number of benzene rings is 1. The van der Waals surface area contributed by atoms with Gasteiger partial charge in [0.1, 0.15) is 66.0 Å². The van der Waals surface area contributed by atoms with Gasteiger partial charge in [-0.15, -0.1) is 0 Å². The number of esters is 1. The number of primary amides is 1. The van der Waals surface area contributed by atoms with Crippen LogP contribution in [0.2, 0.25) is 0 Å². The molecule has 28 heteroatoms. The van der Waals surface area contributed by atoms with Crippen molar-refractivity contribution in [3.8, 4) is 0 Å². The Bertz CT molecular complexity index is 2550. The topological polar surface area (TPSA) is 413 Å². The lowest BCUT2D eigenvalue weighted by Gasteiger charge is -2.31. The van der Waals surface area contributed by atoms with E-state index < -0.39 is 193 Å². The number of hydrogen-bond donors (Lipinski definition) is 14. The van der Waals surface area contributed by atoms with Gasteiger partial charge in [0, 0.05) is 6.42 Å². The number of rotatable bonds is 33. The van der Waals surface area contributed by atoms with Crippen LogP contribution in [-0.2, 0) is 68.7 Å². The average molecular weight is 1250 g/mol. The van der Waals surface area contributed by atoms with Crippen LogP contribution in [0, 0.1) is 29.6 Å². The largest absolute Gasteiger partial charge is 0.458 e. The van der Waals surface area contributed by atoms with Crippen LogP contribution in [0.3, 0.4) is 0 Å². The minimum Gasteiger partial charge on any atom is -0.458 e. The van der Waals surface area contributed by atoms with Crippen LogP contribution in [0.5, 0.6) is 0 Å². The Kier molecular flexibility index (Phi) is 30.6. The normalized spacial score (nSPS) is 23.4. The van der Waals surface area contributed by atoms with Crippen molar-refractivity contribution < 1.29 is 72.5 Å². The molecule has 1 spiro atoms. The van der Waals surface area contributed by atoms with Crippen molar-refractivity contribution in [2.45, 2.75) is 199 Å². The molecule has 1 aromatic rings. The van der Waals surface area contributed by atoms with Crippen molar-refractivity contribution in [3.05, 3.63) is 35.9 Å². The van der Waals surface area contributed by atoms with E-state index in [0.29, 0.717) is 37.9 Å². The van der Waals surface area contributed by atoms with Crippen molar-refractivity contribution in [2.24, 2.45) is 35.3 Å². The lowest BCUT2D eigenvalue weighted by atomic mass is 9.94. The molecule has 11 amide bonds. The Balaban J connectivity index is 1.85.